The molecule has 2 heteroatoms. The van der Waals surface area contributed by atoms with E-state index in [9.17, 15) is 0 Å². The number of nitrogens with zero attached hydrogens (tertiary/aromatic N) is 1. The van der Waals surface area contributed by atoms with E-state index >= 15 is 0 Å². The summed E-state index contributed by atoms with van der Waals surface area (Å²) in [5, 5.41) is 4.32. The zero-order valence-corrected chi connectivity index (χ0v) is 5.84. The number of piperidine rings is 1. The van der Waals surface area contributed by atoms with Crippen LogP contribution in [0.3, 0.4) is 0 Å². The number of hydrogen-bond donors (Lipinski definition) is 1. The summed E-state index contributed by atoms with van der Waals surface area (Å²) < 4.78 is 0. The number of rotatable bonds is 2. The summed E-state index contributed by atoms with van der Waals surface area (Å²) in [7, 11) is 0. The fourth-order valence-corrected chi connectivity index (χ4v) is 1.33. The van der Waals surface area contributed by atoms with Crippen molar-refractivity contribution >= 4 is 0 Å². The number of hydrogen-bond acceptors (Lipinski definition) is 1. The zero-order valence-electron chi connectivity index (χ0n) is 5.84. The summed E-state index contributed by atoms with van der Waals surface area (Å²) in [4.78, 5) is 0. The Hall–Kier alpha value is -0.0800. The van der Waals surface area contributed by atoms with Gasteiger partial charge in [-0.15, -0.1) is 0 Å². The van der Waals surface area contributed by atoms with Crippen LogP contribution in [0.2, 0.25) is 0 Å². The molecule has 1 aliphatic rings. The molecular formula is C7H15N2. The third kappa shape index (κ3) is 2.33. The van der Waals surface area contributed by atoms with Gasteiger partial charge in [0, 0.05) is 13.1 Å². The van der Waals surface area contributed by atoms with Gasteiger partial charge in [0.1, 0.15) is 0 Å². The third-order valence-corrected chi connectivity index (χ3v) is 1.89. The molecule has 0 aliphatic carbocycles. The van der Waals surface area contributed by atoms with Gasteiger partial charge in [-0.3, -0.25) is 0 Å². The molecule has 0 spiro atoms. The topological polar surface area (TPSA) is 40.1 Å². The molecule has 0 amide bonds. The minimum absolute atomic E-state index is 0.809. The Balaban J connectivity index is 2.08. The fraction of sp³-hybridized carbons (Fsp3) is 1.00. The van der Waals surface area contributed by atoms with Gasteiger partial charge < -0.3 is 5.73 Å². The Kier molecular flexibility index (Phi) is 3.01. The van der Waals surface area contributed by atoms with Crippen LogP contribution in [-0.4, -0.2) is 19.6 Å². The minimum Gasteiger partial charge on any atom is -0.330 e. The highest BCUT2D eigenvalue weighted by molar-refractivity contribution is 4.68. The Morgan fingerprint density at radius 2 is 2.44 bits per heavy atom. The number of nitrogens with two attached hydrogens (primary N) is 1. The van der Waals surface area contributed by atoms with E-state index in [0.29, 0.717) is 0 Å². The molecule has 1 atom stereocenters. The first-order chi connectivity index (χ1) is 4.43. The van der Waals surface area contributed by atoms with E-state index < -0.39 is 0 Å². The van der Waals surface area contributed by atoms with Gasteiger partial charge in [0.25, 0.3) is 0 Å². The lowest BCUT2D eigenvalue weighted by atomic mass is 9.96. The van der Waals surface area contributed by atoms with Crippen LogP contribution in [0, 0.1) is 5.92 Å². The van der Waals surface area contributed by atoms with Crippen molar-refractivity contribution in [3.8, 4) is 0 Å². The lowest BCUT2D eigenvalue weighted by molar-refractivity contribution is 0.357. The van der Waals surface area contributed by atoms with Crippen LogP contribution in [-0.2, 0) is 0 Å². The van der Waals surface area contributed by atoms with E-state index in [1.807, 2.05) is 0 Å². The Morgan fingerprint density at radius 3 is 3.00 bits per heavy atom. The molecule has 0 bridgehead atoms. The Morgan fingerprint density at radius 1 is 1.56 bits per heavy atom. The average Bonchev–Trinajstić information content (AvgIpc) is 1.91. The first kappa shape index (κ1) is 7.03. The van der Waals surface area contributed by atoms with Crippen molar-refractivity contribution in [3.63, 3.8) is 0 Å². The summed E-state index contributed by atoms with van der Waals surface area (Å²) >= 11 is 0. The molecule has 1 saturated heterocycles. The minimum atomic E-state index is 0.809. The smallest absolute Gasteiger partial charge is 0.0162 e. The third-order valence-electron chi connectivity index (χ3n) is 1.89. The monoisotopic (exact) mass is 127 g/mol. The van der Waals surface area contributed by atoms with E-state index in [-0.39, 0.29) is 0 Å². The maximum atomic E-state index is 5.42. The normalized spacial score (nSPS) is 28.3. The van der Waals surface area contributed by atoms with Gasteiger partial charge in [-0.1, -0.05) is 0 Å². The first-order valence-corrected chi connectivity index (χ1v) is 3.77. The molecule has 1 rings (SSSR count). The van der Waals surface area contributed by atoms with Crippen LogP contribution in [0.5, 0.6) is 0 Å². The fourth-order valence-electron chi connectivity index (χ4n) is 1.33. The summed E-state index contributed by atoms with van der Waals surface area (Å²) in [6.45, 7) is 2.98. The molecule has 0 unspecified atom stereocenters. The van der Waals surface area contributed by atoms with Crippen molar-refractivity contribution in [2.24, 2.45) is 11.7 Å². The van der Waals surface area contributed by atoms with Crippen molar-refractivity contribution in [3.05, 3.63) is 0 Å². The highest BCUT2D eigenvalue weighted by atomic mass is 14.9. The molecule has 0 saturated carbocycles. The maximum Gasteiger partial charge on any atom is 0.0162 e. The molecule has 1 fully saturated rings. The van der Waals surface area contributed by atoms with E-state index in [2.05, 4.69) is 5.32 Å². The lowest BCUT2D eigenvalue weighted by Gasteiger charge is -2.20. The Bertz CT molecular complexity index is 64.6. The van der Waals surface area contributed by atoms with E-state index in [1.54, 1.807) is 0 Å². The second-order valence-electron chi connectivity index (χ2n) is 2.72. The van der Waals surface area contributed by atoms with Gasteiger partial charge in [0.2, 0.25) is 0 Å². The van der Waals surface area contributed by atoms with Gasteiger partial charge in [-0.2, -0.15) is 0 Å². The second-order valence-corrected chi connectivity index (χ2v) is 2.72. The molecule has 1 radical (unpaired) electrons. The van der Waals surface area contributed by atoms with E-state index in [0.717, 1.165) is 25.6 Å². The first-order valence-electron chi connectivity index (χ1n) is 3.77. The lowest BCUT2D eigenvalue weighted by Crippen LogP contribution is -2.25. The van der Waals surface area contributed by atoms with Crippen molar-refractivity contribution in [2.75, 3.05) is 19.6 Å². The predicted octanol–water partition coefficient (Wildman–Crippen LogP) is 0.350. The summed E-state index contributed by atoms with van der Waals surface area (Å²) in [5.74, 6) is 0.809. The standard InChI is InChI=1S/C7H15N2/c8-4-3-7-2-1-5-9-6-7/h7H,1-6,8H2/t7-/m1/s1. The highest BCUT2D eigenvalue weighted by Gasteiger charge is 2.11. The SMILES string of the molecule is NCC[C@H]1CCC[N]C1. The summed E-state index contributed by atoms with van der Waals surface area (Å²) in [5.41, 5.74) is 5.42. The predicted molar refractivity (Wildman–Crippen MR) is 38.3 cm³/mol. The summed E-state index contributed by atoms with van der Waals surface area (Å²) in [6.07, 6.45) is 3.80. The van der Waals surface area contributed by atoms with Crippen molar-refractivity contribution in [1.29, 1.82) is 0 Å². The van der Waals surface area contributed by atoms with Gasteiger partial charge in [-0.25, -0.2) is 5.32 Å². The quantitative estimate of drug-likeness (QED) is 0.571. The van der Waals surface area contributed by atoms with Crippen LogP contribution < -0.4 is 11.1 Å². The van der Waals surface area contributed by atoms with Crippen LogP contribution >= 0.6 is 0 Å². The van der Waals surface area contributed by atoms with Crippen LogP contribution in [0.25, 0.3) is 0 Å². The second kappa shape index (κ2) is 3.85. The van der Waals surface area contributed by atoms with Crippen LogP contribution in [0.15, 0.2) is 0 Å². The van der Waals surface area contributed by atoms with Crippen LogP contribution in [0.1, 0.15) is 19.3 Å². The largest absolute Gasteiger partial charge is 0.330 e. The molecule has 2 N–H and O–H groups in total. The molecule has 0 aromatic heterocycles. The molecule has 0 aromatic carbocycles. The van der Waals surface area contributed by atoms with E-state index in [4.69, 9.17) is 5.73 Å². The van der Waals surface area contributed by atoms with Gasteiger partial charge in [0.05, 0.1) is 0 Å². The van der Waals surface area contributed by atoms with E-state index in [1.165, 1.54) is 19.3 Å². The van der Waals surface area contributed by atoms with Crippen molar-refractivity contribution < 1.29 is 0 Å². The zero-order chi connectivity index (χ0) is 6.53. The molecule has 1 aliphatic heterocycles. The molecule has 0 aromatic rings. The van der Waals surface area contributed by atoms with Crippen molar-refractivity contribution in [1.82, 2.24) is 5.32 Å². The van der Waals surface area contributed by atoms with Gasteiger partial charge >= 0.3 is 0 Å². The Labute approximate surface area is 56.8 Å². The molecule has 53 valence electrons. The van der Waals surface area contributed by atoms with Gasteiger partial charge in [0.15, 0.2) is 0 Å². The molecule has 2 nitrogen and oxygen atoms in total. The molecule has 9 heavy (non-hydrogen) atoms. The maximum absolute atomic E-state index is 5.42. The highest BCUT2D eigenvalue weighted by Crippen LogP contribution is 2.12. The summed E-state index contributed by atoms with van der Waals surface area (Å²) in [6, 6.07) is 0. The van der Waals surface area contributed by atoms with Gasteiger partial charge in [-0.05, 0) is 31.7 Å². The molecular weight excluding hydrogens is 112 g/mol. The van der Waals surface area contributed by atoms with Crippen molar-refractivity contribution in [2.45, 2.75) is 19.3 Å². The average molecular weight is 127 g/mol. The molecule has 1 heterocycles. The van der Waals surface area contributed by atoms with Crippen LogP contribution in [0.4, 0.5) is 0 Å².